The minimum Gasteiger partial charge on any atom is -0.492 e. The quantitative estimate of drug-likeness (QED) is 0.724. The Hall–Kier alpha value is -3.09. The molecule has 3 aromatic rings. The van der Waals surface area contributed by atoms with Crippen LogP contribution < -0.4 is 9.47 Å². The normalized spacial score (nSPS) is 10.5. The lowest BCUT2D eigenvalue weighted by Crippen LogP contribution is -2.20. The molecule has 118 valence electrons. The maximum Gasteiger partial charge on any atom is 0.441 e. The monoisotopic (exact) mass is 312 g/mol. The molecule has 0 radical (unpaired) electrons. The van der Waals surface area contributed by atoms with Crippen molar-refractivity contribution in [3.05, 3.63) is 60.6 Å². The molecule has 1 aromatic carbocycles. The van der Waals surface area contributed by atoms with E-state index in [4.69, 9.17) is 9.47 Å². The molecule has 0 aliphatic heterocycles. The van der Waals surface area contributed by atoms with E-state index in [1.165, 1.54) is 12.4 Å². The number of hydrogen-bond acceptors (Lipinski definition) is 5. The van der Waals surface area contributed by atoms with Gasteiger partial charge in [-0.1, -0.05) is 18.2 Å². The van der Waals surface area contributed by atoms with Crippen LogP contribution in [0, 0.1) is 6.92 Å². The number of ether oxygens (including phenoxy) is 2. The zero-order chi connectivity index (χ0) is 16.1. The predicted octanol–water partition coefficient (Wildman–Crippen LogP) is 2.51. The van der Waals surface area contributed by atoms with E-state index in [1.54, 1.807) is 16.8 Å². The number of aromatic nitrogens is 4. The lowest BCUT2D eigenvalue weighted by molar-refractivity contribution is 0.191. The Morgan fingerprint density at radius 3 is 2.78 bits per heavy atom. The maximum atomic E-state index is 11.9. The molecule has 0 atom stereocenters. The van der Waals surface area contributed by atoms with Crippen molar-refractivity contribution in [1.29, 1.82) is 0 Å². The van der Waals surface area contributed by atoms with Gasteiger partial charge in [-0.15, -0.1) is 0 Å². The Balaban J connectivity index is 1.62. The van der Waals surface area contributed by atoms with Gasteiger partial charge in [-0.25, -0.2) is 9.48 Å². The third kappa shape index (κ3) is 3.76. The number of hydrogen-bond donors (Lipinski definition) is 0. The van der Waals surface area contributed by atoms with Gasteiger partial charge in [0, 0.05) is 18.5 Å². The summed E-state index contributed by atoms with van der Waals surface area (Å²) < 4.78 is 13.7. The zero-order valence-corrected chi connectivity index (χ0v) is 12.6. The van der Waals surface area contributed by atoms with Crippen LogP contribution >= 0.6 is 0 Å². The Kier molecular flexibility index (Phi) is 4.37. The first-order valence-corrected chi connectivity index (χ1v) is 7.16. The Morgan fingerprint density at radius 1 is 1.22 bits per heavy atom. The van der Waals surface area contributed by atoms with Gasteiger partial charge in [-0.3, -0.25) is 0 Å². The lowest BCUT2D eigenvalue weighted by Gasteiger charge is -2.09. The summed E-state index contributed by atoms with van der Waals surface area (Å²) in [5, 5.41) is 8.14. The largest absolute Gasteiger partial charge is 0.492 e. The molecule has 0 saturated heterocycles. The molecule has 3 rings (SSSR count). The molecule has 0 bridgehead atoms. The first-order valence-electron chi connectivity index (χ1n) is 7.16. The summed E-state index contributed by atoms with van der Waals surface area (Å²) in [4.78, 5) is 11.9. The first-order chi connectivity index (χ1) is 11.2. The van der Waals surface area contributed by atoms with Gasteiger partial charge in [-0.05, 0) is 25.1 Å². The second kappa shape index (κ2) is 6.78. The van der Waals surface area contributed by atoms with E-state index >= 15 is 0 Å². The minimum atomic E-state index is -0.583. The highest BCUT2D eigenvalue weighted by Gasteiger charge is 2.13. The number of nitrogens with zero attached hydrogens (tertiary/aromatic N) is 4. The second-order valence-corrected chi connectivity index (χ2v) is 4.83. The fraction of sp³-hybridized carbons (Fsp3) is 0.188. The summed E-state index contributed by atoms with van der Waals surface area (Å²) in [5.41, 5.74) is 0.757. The highest BCUT2D eigenvalue weighted by molar-refractivity contribution is 5.71. The molecule has 0 saturated carbocycles. The van der Waals surface area contributed by atoms with Crippen molar-refractivity contribution in [1.82, 2.24) is 19.6 Å². The van der Waals surface area contributed by atoms with E-state index in [2.05, 4.69) is 10.2 Å². The van der Waals surface area contributed by atoms with Crippen molar-refractivity contribution < 1.29 is 14.3 Å². The van der Waals surface area contributed by atoms with Crippen LogP contribution in [0.1, 0.15) is 5.69 Å². The van der Waals surface area contributed by atoms with Gasteiger partial charge in [-0.2, -0.15) is 14.9 Å². The Bertz CT molecular complexity index is 766. The van der Waals surface area contributed by atoms with Gasteiger partial charge in [0.1, 0.15) is 12.4 Å². The van der Waals surface area contributed by atoms with E-state index in [-0.39, 0.29) is 0 Å². The van der Waals surface area contributed by atoms with Crippen LogP contribution in [0.15, 0.2) is 54.9 Å². The van der Waals surface area contributed by atoms with Gasteiger partial charge in [0.25, 0.3) is 0 Å². The number of benzene rings is 1. The van der Waals surface area contributed by atoms with E-state index in [0.29, 0.717) is 19.0 Å². The molecule has 0 fully saturated rings. The van der Waals surface area contributed by atoms with Crippen molar-refractivity contribution in [3.63, 3.8) is 0 Å². The zero-order valence-electron chi connectivity index (χ0n) is 12.6. The Morgan fingerprint density at radius 2 is 2.04 bits per heavy atom. The van der Waals surface area contributed by atoms with Crippen LogP contribution in [-0.2, 0) is 6.54 Å². The third-order valence-corrected chi connectivity index (χ3v) is 3.06. The molecular weight excluding hydrogens is 296 g/mol. The van der Waals surface area contributed by atoms with Gasteiger partial charge < -0.3 is 9.47 Å². The fourth-order valence-corrected chi connectivity index (χ4v) is 2.04. The van der Waals surface area contributed by atoms with Crippen molar-refractivity contribution in [2.24, 2.45) is 0 Å². The number of aryl methyl sites for hydroxylation is 1. The van der Waals surface area contributed by atoms with Crippen LogP contribution in [-0.4, -0.2) is 32.3 Å². The molecule has 0 aliphatic carbocycles. The molecule has 0 N–H and O–H groups in total. The standard InChI is InChI=1S/C16H16N4O3/c1-13-12-15(23-16(21)20-9-5-8-17-20)19(18-13)10-11-22-14-6-3-2-4-7-14/h2-9,12H,10-11H2,1H3. The van der Waals surface area contributed by atoms with E-state index in [0.717, 1.165) is 16.1 Å². The van der Waals surface area contributed by atoms with Gasteiger partial charge in [0.2, 0.25) is 5.88 Å². The summed E-state index contributed by atoms with van der Waals surface area (Å²) in [6, 6.07) is 12.9. The van der Waals surface area contributed by atoms with Crippen molar-refractivity contribution >= 4 is 6.09 Å². The van der Waals surface area contributed by atoms with E-state index in [9.17, 15) is 4.79 Å². The third-order valence-electron chi connectivity index (χ3n) is 3.06. The van der Waals surface area contributed by atoms with Crippen molar-refractivity contribution in [2.75, 3.05) is 6.61 Å². The van der Waals surface area contributed by atoms with Crippen molar-refractivity contribution in [2.45, 2.75) is 13.5 Å². The van der Waals surface area contributed by atoms with Gasteiger partial charge in [0.15, 0.2) is 0 Å². The second-order valence-electron chi connectivity index (χ2n) is 4.83. The fourth-order valence-electron chi connectivity index (χ4n) is 2.04. The van der Waals surface area contributed by atoms with Crippen LogP contribution in [0.3, 0.4) is 0 Å². The number of para-hydroxylation sites is 1. The highest BCUT2D eigenvalue weighted by atomic mass is 16.6. The molecule has 0 spiro atoms. The number of carbonyl (C=O) groups excluding carboxylic acids is 1. The maximum absolute atomic E-state index is 11.9. The molecule has 0 amide bonds. The van der Waals surface area contributed by atoms with Crippen molar-refractivity contribution in [3.8, 4) is 11.6 Å². The van der Waals surface area contributed by atoms with E-state index < -0.39 is 6.09 Å². The summed E-state index contributed by atoms with van der Waals surface area (Å²) in [7, 11) is 0. The average Bonchev–Trinajstić information content (AvgIpc) is 3.19. The van der Waals surface area contributed by atoms with Crippen LogP contribution in [0.2, 0.25) is 0 Å². The SMILES string of the molecule is Cc1cc(OC(=O)n2cccn2)n(CCOc2ccccc2)n1. The van der Waals surface area contributed by atoms with Gasteiger partial charge >= 0.3 is 6.09 Å². The molecule has 2 aromatic heterocycles. The summed E-state index contributed by atoms with van der Waals surface area (Å²) in [6.45, 7) is 2.71. The molecule has 0 aliphatic rings. The number of rotatable bonds is 5. The Labute approximate surface area is 133 Å². The highest BCUT2D eigenvalue weighted by Crippen LogP contribution is 2.15. The molecule has 7 heteroatoms. The molecule has 2 heterocycles. The van der Waals surface area contributed by atoms with Gasteiger partial charge in [0.05, 0.1) is 12.2 Å². The first kappa shape index (κ1) is 14.8. The van der Waals surface area contributed by atoms with Crippen LogP contribution in [0.4, 0.5) is 4.79 Å². The summed E-state index contributed by atoms with van der Waals surface area (Å²) in [5.74, 6) is 1.14. The smallest absolute Gasteiger partial charge is 0.441 e. The molecule has 23 heavy (non-hydrogen) atoms. The summed E-state index contributed by atoms with van der Waals surface area (Å²) >= 11 is 0. The van der Waals surface area contributed by atoms with E-state index in [1.807, 2.05) is 37.3 Å². The molecule has 7 nitrogen and oxygen atoms in total. The average molecular weight is 312 g/mol. The van der Waals surface area contributed by atoms with Crippen LogP contribution in [0.5, 0.6) is 11.6 Å². The predicted molar refractivity (Wildman–Crippen MR) is 82.6 cm³/mol. The topological polar surface area (TPSA) is 71.2 Å². The molecular formula is C16H16N4O3. The molecule has 0 unspecified atom stereocenters. The summed E-state index contributed by atoms with van der Waals surface area (Å²) in [6.07, 6.45) is 2.45. The number of carbonyl (C=O) groups is 1. The minimum absolute atomic E-state index is 0.361. The lowest BCUT2D eigenvalue weighted by atomic mass is 10.3. The van der Waals surface area contributed by atoms with Crippen LogP contribution in [0.25, 0.3) is 0 Å².